The van der Waals surface area contributed by atoms with Crippen LogP contribution in [0.2, 0.25) is 0 Å². The number of fused-ring (bicyclic) bond motifs is 9. The standard InChI is InChI=1S/C46H46N4O14S/c1-9-58-44(54)49-12-11-24-15-31(64-45(55)59-10-2)30(56-7)16-26(24)46(49)19-65-42-34-33(41-40(61-20-62-41)22(4)39(34)63-23(5)51)29(18-60-43(46)53)50-28(17-47)27-14-25-13-21(3)38(57-8)37(52)32(25)35(36(42)50)48(27)6/h9-10,13,15-16,27-29,35-36,42,52H,1-2,11-12,14,18-20H2,3-8H3/t27-,28-,29+,35+,36?,42+,46+/m0/s1. The fourth-order valence-electron chi connectivity index (χ4n) is 10.9. The average molecular weight is 911 g/mol. The molecule has 1 amide bonds. The first-order valence-electron chi connectivity index (χ1n) is 20.8. The molecule has 1 unspecified atom stereocenters. The summed E-state index contributed by atoms with van der Waals surface area (Å²) >= 11 is 1.27. The summed E-state index contributed by atoms with van der Waals surface area (Å²) in [6, 6.07) is 4.15. The van der Waals surface area contributed by atoms with Crippen LogP contribution in [0.25, 0.3) is 0 Å². The van der Waals surface area contributed by atoms with Gasteiger partial charge in [-0.2, -0.15) is 5.26 Å². The fourth-order valence-corrected chi connectivity index (χ4v) is 12.7. The Kier molecular flexibility index (Phi) is 11.0. The lowest BCUT2D eigenvalue weighted by atomic mass is 9.71. The molecule has 1 N–H and O–H groups in total. The molecular weight excluding hydrogens is 865 g/mol. The lowest BCUT2D eigenvalue weighted by Crippen LogP contribution is -2.69. The Morgan fingerprint density at radius 1 is 0.969 bits per heavy atom. The molecule has 0 aliphatic carbocycles. The van der Waals surface area contributed by atoms with E-state index in [1.165, 1.54) is 43.9 Å². The van der Waals surface area contributed by atoms with Gasteiger partial charge in [-0.25, -0.2) is 14.4 Å². The van der Waals surface area contributed by atoms with Gasteiger partial charge in [-0.15, -0.1) is 11.8 Å². The Balaban J connectivity index is 1.33. The maximum atomic E-state index is 15.5. The van der Waals surface area contributed by atoms with Gasteiger partial charge in [0.05, 0.1) is 50.1 Å². The highest BCUT2D eigenvalue weighted by molar-refractivity contribution is 7.99. The van der Waals surface area contributed by atoms with Gasteiger partial charge in [0.25, 0.3) is 0 Å². The molecular formula is C46H46N4O14S. The summed E-state index contributed by atoms with van der Waals surface area (Å²) in [4.78, 5) is 60.8. The highest BCUT2D eigenvalue weighted by Crippen LogP contribution is 2.65. The van der Waals surface area contributed by atoms with Gasteiger partial charge >= 0.3 is 24.2 Å². The summed E-state index contributed by atoms with van der Waals surface area (Å²) in [6.45, 7) is 11.3. The lowest BCUT2D eigenvalue weighted by molar-refractivity contribution is -0.162. The van der Waals surface area contributed by atoms with Crippen LogP contribution in [0.15, 0.2) is 43.9 Å². The summed E-state index contributed by atoms with van der Waals surface area (Å²) in [5, 5.41) is 22.7. The number of esters is 2. The van der Waals surface area contributed by atoms with Gasteiger partial charge < -0.3 is 47.7 Å². The Labute approximate surface area is 378 Å². The number of thioether (sulfide) groups is 1. The van der Waals surface area contributed by atoms with Crippen molar-refractivity contribution in [1.82, 2.24) is 14.7 Å². The number of ether oxygens (including phenoxy) is 9. The van der Waals surface area contributed by atoms with E-state index < -0.39 is 65.2 Å². The molecule has 0 saturated carbocycles. The number of rotatable bonds is 6. The second-order valence-electron chi connectivity index (χ2n) is 16.4. The van der Waals surface area contributed by atoms with Crippen molar-refractivity contribution in [1.29, 1.82) is 5.26 Å². The van der Waals surface area contributed by atoms with E-state index in [4.69, 9.17) is 42.6 Å². The number of benzene rings is 3. The molecule has 0 radical (unpaired) electrons. The second kappa shape index (κ2) is 16.4. The van der Waals surface area contributed by atoms with Crippen molar-refractivity contribution >= 4 is 35.9 Å². The minimum absolute atomic E-state index is 0.0127. The zero-order valence-electron chi connectivity index (χ0n) is 36.5. The molecule has 7 heterocycles. The Morgan fingerprint density at radius 3 is 2.42 bits per heavy atom. The highest BCUT2D eigenvalue weighted by atomic mass is 32.2. The largest absolute Gasteiger partial charge is 0.518 e. The third-order valence-corrected chi connectivity index (χ3v) is 14.9. The predicted octanol–water partition coefficient (Wildman–Crippen LogP) is 5.93. The van der Waals surface area contributed by atoms with Crippen molar-refractivity contribution in [2.45, 2.75) is 74.6 Å². The minimum Gasteiger partial charge on any atom is -0.504 e. The molecule has 65 heavy (non-hydrogen) atoms. The number of amides is 1. The highest BCUT2D eigenvalue weighted by Gasteiger charge is 2.63. The number of carbonyl (C=O) groups excluding carboxylic acids is 4. The van der Waals surface area contributed by atoms with Crippen LogP contribution in [0, 0.1) is 25.2 Å². The molecule has 10 rings (SSSR count). The van der Waals surface area contributed by atoms with E-state index in [0.717, 1.165) is 23.7 Å². The van der Waals surface area contributed by atoms with Crippen LogP contribution >= 0.6 is 11.8 Å². The van der Waals surface area contributed by atoms with E-state index >= 15 is 4.79 Å². The molecule has 7 aliphatic heterocycles. The second-order valence-corrected chi connectivity index (χ2v) is 17.6. The summed E-state index contributed by atoms with van der Waals surface area (Å²) in [7, 11) is 4.77. The third kappa shape index (κ3) is 6.43. The van der Waals surface area contributed by atoms with Crippen molar-refractivity contribution in [2.75, 3.05) is 47.0 Å². The van der Waals surface area contributed by atoms with Gasteiger partial charge in [0, 0.05) is 53.6 Å². The van der Waals surface area contributed by atoms with Gasteiger partial charge in [0.1, 0.15) is 18.4 Å². The first kappa shape index (κ1) is 43.6. The van der Waals surface area contributed by atoms with Crippen LogP contribution in [-0.2, 0) is 42.2 Å². The molecule has 18 nitrogen and oxygen atoms in total. The van der Waals surface area contributed by atoms with Gasteiger partial charge in [-0.1, -0.05) is 19.2 Å². The third-order valence-electron chi connectivity index (χ3n) is 13.4. The fraction of sp³-hybridized carbons (Fsp3) is 0.413. The zero-order chi connectivity index (χ0) is 46.2. The summed E-state index contributed by atoms with van der Waals surface area (Å²) in [6.07, 6.45) is 0.506. The quantitative estimate of drug-likeness (QED) is 0.1000. The number of hydrogen-bond acceptors (Lipinski definition) is 18. The van der Waals surface area contributed by atoms with Gasteiger partial charge in [0.15, 0.2) is 40.0 Å². The van der Waals surface area contributed by atoms with Crippen LogP contribution in [0.4, 0.5) is 9.59 Å². The number of nitrogens with zero attached hydrogens (tertiary/aromatic N) is 4. The van der Waals surface area contributed by atoms with Crippen LogP contribution in [0.3, 0.4) is 0 Å². The number of aromatic hydroxyl groups is 1. The van der Waals surface area contributed by atoms with Crippen molar-refractivity contribution < 1.29 is 66.9 Å². The van der Waals surface area contributed by atoms with Crippen LogP contribution in [-0.4, -0.2) is 109 Å². The van der Waals surface area contributed by atoms with Gasteiger partial charge in [-0.05, 0) is 68.1 Å². The molecule has 7 atom stereocenters. The summed E-state index contributed by atoms with van der Waals surface area (Å²) in [5.74, 6) is -0.446. The molecule has 2 fully saturated rings. The molecule has 2 saturated heterocycles. The normalized spacial score (nSPS) is 25.9. The number of carbonyl (C=O) groups is 4. The first-order chi connectivity index (χ1) is 31.2. The van der Waals surface area contributed by atoms with Crippen molar-refractivity contribution in [2.24, 2.45) is 0 Å². The molecule has 0 aromatic heterocycles. The Hall–Kier alpha value is -6.62. The Morgan fingerprint density at radius 2 is 1.72 bits per heavy atom. The zero-order valence-corrected chi connectivity index (χ0v) is 37.3. The van der Waals surface area contributed by atoms with E-state index in [1.807, 2.05) is 20.0 Å². The maximum absolute atomic E-state index is 15.5. The number of piperazine rings is 1. The lowest BCUT2D eigenvalue weighted by Gasteiger charge is -2.62. The number of phenolic OH excluding ortho intramolecular Hbond substituents is 1. The molecule has 4 bridgehead atoms. The minimum atomic E-state index is -1.95. The van der Waals surface area contributed by atoms with Crippen LogP contribution in [0.5, 0.6) is 40.2 Å². The van der Waals surface area contributed by atoms with Crippen LogP contribution in [0.1, 0.15) is 68.8 Å². The van der Waals surface area contributed by atoms with Crippen molar-refractivity contribution in [3.8, 4) is 46.3 Å². The first-order valence-corrected chi connectivity index (χ1v) is 21.8. The monoisotopic (exact) mass is 910 g/mol. The number of methoxy groups -OCH3 is 2. The van der Waals surface area contributed by atoms with E-state index in [-0.39, 0.29) is 55.1 Å². The van der Waals surface area contributed by atoms with Gasteiger partial charge in [0.2, 0.25) is 6.79 Å². The Bertz CT molecular complexity index is 2630. The molecule has 3 aromatic rings. The van der Waals surface area contributed by atoms with Crippen LogP contribution < -0.4 is 28.4 Å². The summed E-state index contributed by atoms with van der Waals surface area (Å²) in [5.41, 5.74) is 2.60. The van der Waals surface area contributed by atoms with Crippen molar-refractivity contribution in [3.63, 3.8) is 0 Å². The number of hydrogen-bond donors (Lipinski definition) is 1. The molecule has 3 aromatic carbocycles. The van der Waals surface area contributed by atoms with E-state index in [0.29, 0.717) is 57.1 Å². The SMILES string of the molecule is C=COC(=O)Oc1cc2c(cc1OC)[C@@]1(CS[C@@H]3c4c(OC(C)=O)c(C)c5c(c4[C@@H](COC1=O)N1C3[C@H]3c4c(cc(C)c(OC)c4O)C[C@@H]([C@@H]1C#N)N3C)OCO5)N(C(=O)OC=C)CC2. The molecule has 1 spiro atoms. The number of nitriles is 1. The van der Waals surface area contributed by atoms with Gasteiger partial charge in [-0.3, -0.25) is 19.5 Å². The maximum Gasteiger partial charge on any atom is 0.518 e. The average Bonchev–Trinajstić information content (AvgIpc) is 3.76. The number of phenols is 1. The van der Waals surface area contributed by atoms with Crippen molar-refractivity contribution in [3.05, 3.63) is 88.4 Å². The number of likely N-dealkylation sites (N-methyl/N-ethyl adjacent to an activating group) is 1. The molecule has 7 aliphatic rings. The predicted molar refractivity (Wildman–Crippen MR) is 229 cm³/mol. The van der Waals surface area contributed by atoms with E-state index in [2.05, 4.69) is 29.0 Å². The molecule has 340 valence electrons. The smallest absolute Gasteiger partial charge is 0.504 e. The number of aryl methyl sites for hydroxylation is 1. The molecule has 19 heteroatoms. The van der Waals surface area contributed by atoms with E-state index in [1.54, 1.807) is 13.0 Å². The topological polar surface area (TPSA) is 205 Å². The summed E-state index contributed by atoms with van der Waals surface area (Å²) < 4.78 is 52.1. The van der Waals surface area contributed by atoms with E-state index in [9.17, 15) is 24.8 Å².